The van der Waals surface area contributed by atoms with Crippen LogP contribution in [0.4, 0.5) is 5.82 Å². The van der Waals surface area contributed by atoms with Crippen LogP contribution in [0.2, 0.25) is 0 Å². The van der Waals surface area contributed by atoms with Crippen molar-refractivity contribution in [1.82, 2.24) is 20.5 Å². The number of carbonyl (C=O) groups is 1. The Balaban J connectivity index is 0.00000306. The van der Waals surface area contributed by atoms with Gasteiger partial charge >= 0.3 is 0 Å². The molecule has 1 aromatic heterocycles. The molecule has 1 saturated heterocycles. The van der Waals surface area contributed by atoms with Crippen molar-refractivity contribution in [3.8, 4) is 0 Å². The Morgan fingerprint density at radius 3 is 2.42 bits per heavy atom. The maximum atomic E-state index is 12.6. The summed E-state index contributed by atoms with van der Waals surface area (Å²) >= 11 is 0. The summed E-state index contributed by atoms with van der Waals surface area (Å²) in [5.74, 6) is 2.12. The third-order valence-electron chi connectivity index (χ3n) is 6.17. The van der Waals surface area contributed by atoms with E-state index in [1.807, 2.05) is 35.4 Å². The van der Waals surface area contributed by atoms with E-state index in [4.69, 9.17) is 4.99 Å². The molecule has 0 spiro atoms. The van der Waals surface area contributed by atoms with Crippen LogP contribution >= 0.6 is 24.0 Å². The summed E-state index contributed by atoms with van der Waals surface area (Å²) in [4.78, 5) is 26.1. The van der Waals surface area contributed by atoms with Gasteiger partial charge in [-0.3, -0.25) is 9.79 Å². The molecule has 0 aliphatic carbocycles. The van der Waals surface area contributed by atoms with Crippen LogP contribution < -0.4 is 15.5 Å². The van der Waals surface area contributed by atoms with Gasteiger partial charge in [0.2, 0.25) is 5.91 Å². The van der Waals surface area contributed by atoms with Crippen LogP contribution in [0.3, 0.4) is 0 Å². The number of guanidine groups is 1. The van der Waals surface area contributed by atoms with E-state index in [0.717, 1.165) is 63.8 Å². The number of piperidine rings is 1. The fraction of sp³-hybridized carbons (Fsp3) is 0.480. The molecule has 8 heteroatoms. The molecule has 0 bridgehead atoms. The van der Waals surface area contributed by atoms with Gasteiger partial charge < -0.3 is 20.4 Å². The maximum Gasteiger partial charge on any atom is 0.223 e. The van der Waals surface area contributed by atoms with Crippen LogP contribution in [-0.4, -0.2) is 54.0 Å². The molecule has 2 aliphatic rings. The van der Waals surface area contributed by atoms with Crippen molar-refractivity contribution in [2.45, 2.75) is 51.7 Å². The van der Waals surface area contributed by atoms with Crippen LogP contribution in [0.5, 0.6) is 0 Å². The molecule has 0 saturated carbocycles. The van der Waals surface area contributed by atoms with E-state index in [1.54, 1.807) is 0 Å². The number of aliphatic imine (C=N–C) groups is 1. The Bertz CT molecular complexity index is 889. The lowest BCUT2D eigenvalue weighted by Gasteiger charge is -2.33. The summed E-state index contributed by atoms with van der Waals surface area (Å²) in [6, 6.07) is 14.8. The van der Waals surface area contributed by atoms with E-state index in [-0.39, 0.29) is 29.9 Å². The molecular formula is C25H35IN6O. The number of rotatable bonds is 7. The summed E-state index contributed by atoms with van der Waals surface area (Å²) in [6.45, 7) is 6.99. The number of hydrogen-bond donors (Lipinski definition) is 2. The lowest BCUT2D eigenvalue weighted by molar-refractivity contribution is -0.131. The number of hydrogen-bond acceptors (Lipinski definition) is 4. The second kappa shape index (κ2) is 12.8. The lowest BCUT2D eigenvalue weighted by Crippen LogP contribution is -2.49. The van der Waals surface area contributed by atoms with Gasteiger partial charge in [0.25, 0.3) is 0 Å². The monoisotopic (exact) mass is 562 g/mol. The van der Waals surface area contributed by atoms with Crippen LogP contribution in [0.1, 0.15) is 43.7 Å². The minimum Gasteiger partial charge on any atom is -0.357 e. The Kier molecular flexibility index (Phi) is 9.77. The summed E-state index contributed by atoms with van der Waals surface area (Å²) in [6.07, 6.45) is 5.26. The molecule has 1 aromatic carbocycles. The highest BCUT2D eigenvalue weighted by Gasteiger charge is 2.23. The standard InChI is InChI=1S/C25H34N6O.HI/c1-2-26-25(29-22-12-16-30(17-13-22)23-10-5-6-14-27-23)28-15-7-11-24(32)31-18-20-8-3-4-9-21(20)19-31;/h3-6,8-10,14,22H,2,7,11-13,15-19H2,1H3,(H2,26,28,29);1H. The van der Waals surface area contributed by atoms with Gasteiger partial charge in [0, 0.05) is 57.9 Å². The van der Waals surface area contributed by atoms with Gasteiger partial charge in [0.15, 0.2) is 5.96 Å². The normalized spacial score (nSPS) is 16.2. The third kappa shape index (κ3) is 7.06. The fourth-order valence-electron chi connectivity index (χ4n) is 4.40. The van der Waals surface area contributed by atoms with Crippen LogP contribution in [-0.2, 0) is 17.9 Å². The number of nitrogens with one attached hydrogen (secondary N) is 2. The molecule has 4 rings (SSSR count). The first-order valence-electron chi connectivity index (χ1n) is 11.8. The molecule has 2 aliphatic heterocycles. The molecule has 0 atom stereocenters. The van der Waals surface area contributed by atoms with Crippen molar-refractivity contribution in [3.05, 3.63) is 59.8 Å². The van der Waals surface area contributed by atoms with E-state index >= 15 is 0 Å². The van der Waals surface area contributed by atoms with E-state index in [9.17, 15) is 4.79 Å². The summed E-state index contributed by atoms with van der Waals surface area (Å²) in [7, 11) is 0. The number of amides is 1. The maximum absolute atomic E-state index is 12.6. The van der Waals surface area contributed by atoms with Gasteiger partial charge in [-0.25, -0.2) is 4.98 Å². The van der Waals surface area contributed by atoms with Gasteiger partial charge in [-0.05, 0) is 49.4 Å². The number of anilines is 1. The zero-order valence-corrected chi connectivity index (χ0v) is 21.7. The average molecular weight is 563 g/mol. The summed E-state index contributed by atoms with van der Waals surface area (Å²) in [5, 5.41) is 6.93. The van der Waals surface area contributed by atoms with E-state index in [0.29, 0.717) is 19.0 Å². The quantitative estimate of drug-likeness (QED) is 0.234. The molecule has 0 radical (unpaired) electrons. The number of pyridine rings is 1. The predicted molar refractivity (Wildman–Crippen MR) is 144 cm³/mol. The molecule has 1 amide bonds. The number of halogens is 1. The number of benzene rings is 1. The lowest BCUT2D eigenvalue weighted by atomic mass is 10.1. The molecule has 178 valence electrons. The number of fused-ring (bicyclic) bond motifs is 1. The van der Waals surface area contributed by atoms with Crippen LogP contribution in [0, 0.1) is 0 Å². The first kappa shape index (κ1) is 25.3. The first-order valence-corrected chi connectivity index (χ1v) is 11.8. The van der Waals surface area contributed by atoms with Gasteiger partial charge in [-0.2, -0.15) is 0 Å². The van der Waals surface area contributed by atoms with Crippen molar-refractivity contribution in [2.24, 2.45) is 4.99 Å². The molecule has 33 heavy (non-hydrogen) atoms. The SMILES string of the molecule is CCNC(=NCCCC(=O)N1Cc2ccccc2C1)NC1CCN(c2ccccn2)CC1.I. The minimum absolute atomic E-state index is 0. The zero-order valence-electron chi connectivity index (χ0n) is 19.4. The average Bonchev–Trinajstić information content (AvgIpc) is 3.27. The number of carbonyl (C=O) groups excluding carboxylic acids is 1. The second-order valence-corrected chi connectivity index (χ2v) is 8.48. The van der Waals surface area contributed by atoms with Gasteiger partial charge in [0.05, 0.1) is 0 Å². The second-order valence-electron chi connectivity index (χ2n) is 8.48. The molecule has 7 nitrogen and oxygen atoms in total. The number of nitrogens with zero attached hydrogens (tertiary/aromatic N) is 4. The predicted octanol–water partition coefficient (Wildman–Crippen LogP) is 3.55. The molecule has 2 N–H and O–H groups in total. The highest BCUT2D eigenvalue weighted by atomic mass is 127. The number of aromatic nitrogens is 1. The highest BCUT2D eigenvalue weighted by molar-refractivity contribution is 14.0. The smallest absolute Gasteiger partial charge is 0.223 e. The van der Waals surface area contributed by atoms with Crippen molar-refractivity contribution in [2.75, 3.05) is 31.1 Å². The Hall–Kier alpha value is -2.36. The largest absolute Gasteiger partial charge is 0.357 e. The zero-order chi connectivity index (χ0) is 22.2. The minimum atomic E-state index is 0. The van der Waals surface area contributed by atoms with E-state index in [2.05, 4.69) is 45.6 Å². The molecule has 0 unspecified atom stereocenters. The first-order chi connectivity index (χ1) is 15.7. The molecule has 2 aromatic rings. The van der Waals surface area contributed by atoms with Gasteiger partial charge in [0.1, 0.15) is 5.82 Å². The van der Waals surface area contributed by atoms with Crippen LogP contribution in [0.15, 0.2) is 53.7 Å². The highest BCUT2D eigenvalue weighted by Crippen LogP contribution is 2.23. The topological polar surface area (TPSA) is 72.9 Å². The van der Waals surface area contributed by atoms with Crippen molar-refractivity contribution < 1.29 is 4.79 Å². The Morgan fingerprint density at radius 1 is 1.09 bits per heavy atom. The fourth-order valence-corrected chi connectivity index (χ4v) is 4.40. The Labute approximate surface area is 214 Å². The summed E-state index contributed by atoms with van der Waals surface area (Å²) < 4.78 is 0. The third-order valence-corrected chi connectivity index (χ3v) is 6.17. The molecular weight excluding hydrogens is 527 g/mol. The van der Waals surface area contributed by atoms with E-state index < -0.39 is 0 Å². The summed E-state index contributed by atoms with van der Waals surface area (Å²) in [5.41, 5.74) is 2.54. The van der Waals surface area contributed by atoms with E-state index in [1.165, 1.54) is 11.1 Å². The van der Waals surface area contributed by atoms with Crippen molar-refractivity contribution in [3.63, 3.8) is 0 Å². The molecule has 1 fully saturated rings. The van der Waals surface area contributed by atoms with Gasteiger partial charge in [-0.1, -0.05) is 30.3 Å². The Morgan fingerprint density at radius 2 is 1.79 bits per heavy atom. The van der Waals surface area contributed by atoms with Gasteiger partial charge in [-0.15, -0.1) is 24.0 Å². The van der Waals surface area contributed by atoms with Crippen molar-refractivity contribution >= 4 is 41.7 Å². The molecule has 3 heterocycles. The van der Waals surface area contributed by atoms with Crippen LogP contribution in [0.25, 0.3) is 0 Å². The van der Waals surface area contributed by atoms with Crippen molar-refractivity contribution in [1.29, 1.82) is 0 Å².